The summed E-state index contributed by atoms with van der Waals surface area (Å²) in [5.74, 6) is 0.719. The number of sulfonamides is 1. The molecule has 0 aliphatic carbocycles. The SMILES string of the molecule is Cn1ccc(-c2noc(/C=C/c3ccc(S(N)(=O)=O)cc3)n2)n1. The van der Waals surface area contributed by atoms with Crippen LogP contribution in [0, 0.1) is 0 Å². The van der Waals surface area contributed by atoms with E-state index in [0.717, 1.165) is 5.56 Å². The highest BCUT2D eigenvalue weighted by Gasteiger charge is 2.09. The molecule has 118 valence electrons. The fourth-order valence-electron chi connectivity index (χ4n) is 1.88. The summed E-state index contributed by atoms with van der Waals surface area (Å²) in [6, 6.07) is 7.91. The Morgan fingerprint density at radius 1 is 1.17 bits per heavy atom. The van der Waals surface area contributed by atoms with Crippen LogP contribution in [0.15, 0.2) is 45.9 Å². The van der Waals surface area contributed by atoms with Crippen molar-refractivity contribution < 1.29 is 12.9 Å². The molecule has 2 heterocycles. The summed E-state index contributed by atoms with van der Waals surface area (Å²) in [6.07, 6.45) is 5.14. The molecule has 3 rings (SSSR count). The van der Waals surface area contributed by atoms with E-state index in [-0.39, 0.29) is 4.90 Å². The van der Waals surface area contributed by atoms with Crippen LogP contribution in [-0.2, 0) is 17.1 Å². The van der Waals surface area contributed by atoms with Crippen molar-refractivity contribution in [3.8, 4) is 11.5 Å². The van der Waals surface area contributed by atoms with Crippen molar-refractivity contribution in [2.24, 2.45) is 12.2 Å². The lowest BCUT2D eigenvalue weighted by atomic mass is 10.2. The highest BCUT2D eigenvalue weighted by atomic mass is 32.2. The molecule has 23 heavy (non-hydrogen) atoms. The minimum Gasteiger partial charge on any atom is -0.334 e. The number of nitrogens with zero attached hydrogens (tertiary/aromatic N) is 4. The molecule has 0 amide bonds. The van der Waals surface area contributed by atoms with Crippen molar-refractivity contribution in [1.82, 2.24) is 19.9 Å². The fraction of sp³-hybridized carbons (Fsp3) is 0.0714. The van der Waals surface area contributed by atoms with Gasteiger partial charge in [-0.15, -0.1) is 0 Å². The van der Waals surface area contributed by atoms with Gasteiger partial charge in [-0.3, -0.25) is 4.68 Å². The summed E-state index contributed by atoms with van der Waals surface area (Å²) >= 11 is 0. The number of aromatic nitrogens is 4. The van der Waals surface area contributed by atoms with Crippen molar-refractivity contribution in [1.29, 1.82) is 0 Å². The van der Waals surface area contributed by atoms with Gasteiger partial charge in [0.15, 0.2) is 0 Å². The van der Waals surface area contributed by atoms with E-state index < -0.39 is 10.0 Å². The summed E-state index contributed by atoms with van der Waals surface area (Å²) < 4.78 is 29.1. The van der Waals surface area contributed by atoms with Gasteiger partial charge in [0.2, 0.25) is 15.8 Å². The summed E-state index contributed by atoms with van der Waals surface area (Å²) in [5, 5.41) is 13.1. The van der Waals surface area contributed by atoms with Gasteiger partial charge in [-0.1, -0.05) is 17.3 Å². The quantitative estimate of drug-likeness (QED) is 0.770. The van der Waals surface area contributed by atoms with Gasteiger partial charge >= 0.3 is 0 Å². The van der Waals surface area contributed by atoms with E-state index in [9.17, 15) is 8.42 Å². The maximum Gasteiger partial charge on any atom is 0.251 e. The van der Waals surface area contributed by atoms with Crippen LogP contribution in [0.5, 0.6) is 0 Å². The molecular weight excluding hydrogens is 318 g/mol. The average molecular weight is 331 g/mol. The van der Waals surface area contributed by atoms with E-state index in [1.807, 2.05) is 0 Å². The highest BCUT2D eigenvalue weighted by molar-refractivity contribution is 7.89. The molecular formula is C14H13N5O3S. The molecule has 0 atom stereocenters. The van der Waals surface area contributed by atoms with E-state index >= 15 is 0 Å². The first-order valence-corrected chi connectivity index (χ1v) is 8.11. The number of rotatable bonds is 4. The lowest BCUT2D eigenvalue weighted by Gasteiger charge is -1.97. The topological polar surface area (TPSA) is 117 Å². The molecule has 8 nitrogen and oxygen atoms in total. The smallest absolute Gasteiger partial charge is 0.251 e. The zero-order valence-electron chi connectivity index (χ0n) is 12.1. The number of benzene rings is 1. The Morgan fingerprint density at radius 3 is 2.52 bits per heavy atom. The second-order valence-corrected chi connectivity index (χ2v) is 6.34. The predicted molar refractivity (Wildman–Crippen MR) is 83.2 cm³/mol. The lowest BCUT2D eigenvalue weighted by molar-refractivity contribution is 0.411. The van der Waals surface area contributed by atoms with Gasteiger partial charge in [0.25, 0.3) is 5.89 Å². The van der Waals surface area contributed by atoms with Crippen molar-refractivity contribution in [3.05, 3.63) is 48.0 Å². The first kappa shape index (κ1) is 15.1. The number of nitrogens with two attached hydrogens (primary N) is 1. The zero-order valence-corrected chi connectivity index (χ0v) is 12.9. The predicted octanol–water partition coefficient (Wildman–Crippen LogP) is 1.29. The molecule has 0 saturated carbocycles. The van der Waals surface area contributed by atoms with Gasteiger partial charge in [0.05, 0.1) is 4.90 Å². The van der Waals surface area contributed by atoms with Crippen molar-refractivity contribution >= 4 is 22.2 Å². The molecule has 2 aromatic heterocycles. The number of primary sulfonamides is 1. The molecule has 0 bridgehead atoms. The van der Waals surface area contributed by atoms with Gasteiger partial charge in [0, 0.05) is 19.3 Å². The van der Waals surface area contributed by atoms with Gasteiger partial charge in [-0.2, -0.15) is 10.1 Å². The van der Waals surface area contributed by atoms with E-state index in [1.165, 1.54) is 12.1 Å². The minimum atomic E-state index is -3.69. The summed E-state index contributed by atoms with van der Waals surface area (Å²) in [5.41, 5.74) is 1.39. The highest BCUT2D eigenvalue weighted by Crippen LogP contribution is 2.15. The van der Waals surface area contributed by atoms with E-state index in [4.69, 9.17) is 9.66 Å². The first-order valence-electron chi connectivity index (χ1n) is 6.56. The largest absolute Gasteiger partial charge is 0.334 e. The Bertz CT molecular complexity index is 954. The Hall–Kier alpha value is -2.78. The molecule has 1 aromatic carbocycles. The van der Waals surface area contributed by atoms with E-state index in [1.54, 1.807) is 48.3 Å². The van der Waals surface area contributed by atoms with Crippen LogP contribution < -0.4 is 5.14 Å². The van der Waals surface area contributed by atoms with Gasteiger partial charge in [0.1, 0.15) is 5.69 Å². The molecule has 0 aliphatic rings. The van der Waals surface area contributed by atoms with Gasteiger partial charge in [-0.05, 0) is 29.8 Å². The Kier molecular flexibility index (Phi) is 3.80. The average Bonchev–Trinajstić information content (AvgIpc) is 3.13. The van der Waals surface area contributed by atoms with Crippen LogP contribution in [-0.4, -0.2) is 28.3 Å². The van der Waals surface area contributed by atoms with Crippen LogP contribution >= 0.6 is 0 Å². The third kappa shape index (κ3) is 3.52. The van der Waals surface area contributed by atoms with Crippen molar-refractivity contribution in [2.45, 2.75) is 4.90 Å². The molecule has 3 aromatic rings. The second kappa shape index (κ2) is 5.78. The molecule has 0 aliphatic heterocycles. The Balaban J connectivity index is 1.77. The molecule has 0 unspecified atom stereocenters. The lowest BCUT2D eigenvalue weighted by Crippen LogP contribution is -2.11. The third-order valence-electron chi connectivity index (χ3n) is 3.01. The Morgan fingerprint density at radius 2 is 1.91 bits per heavy atom. The fourth-order valence-corrected chi connectivity index (χ4v) is 2.39. The van der Waals surface area contributed by atoms with E-state index in [2.05, 4.69) is 15.2 Å². The van der Waals surface area contributed by atoms with Crippen molar-refractivity contribution in [3.63, 3.8) is 0 Å². The van der Waals surface area contributed by atoms with Gasteiger partial charge in [-0.25, -0.2) is 13.6 Å². The monoisotopic (exact) mass is 331 g/mol. The van der Waals surface area contributed by atoms with Crippen LogP contribution in [0.1, 0.15) is 11.5 Å². The first-order chi connectivity index (χ1) is 10.9. The third-order valence-corrected chi connectivity index (χ3v) is 3.94. The second-order valence-electron chi connectivity index (χ2n) is 4.78. The standard InChI is InChI=1S/C14H13N5O3S/c1-19-9-8-12(17-19)14-16-13(22-18-14)7-4-10-2-5-11(6-3-10)23(15,20)21/h2-9H,1H3,(H2,15,20,21)/b7-4+. The van der Waals surface area contributed by atoms with Crippen LogP contribution in [0.4, 0.5) is 0 Å². The number of aryl methyl sites for hydroxylation is 1. The maximum absolute atomic E-state index is 11.2. The van der Waals surface area contributed by atoms with Crippen LogP contribution in [0.2, 0.25) is 0 Å². The number of hydrogen-bond acceptors (Lipinski definition) is 6. The summed E-state index contributed by atoms with van der Waals surface area (Å²) in [7, 11) is -1.88. The minimum absolute atomic E-state index is 0.0601. The normalized spacial score (nSPS) is 12.1. The van der Waals surface area contributed by atoms with Crippen molar-refractivity contribution in [2.75, 3.05) is 0 Å². The molecule has 0 radical (unpaired) electrons. The summed E-state index contributed by atoms with van der Waals surface area (Å²) in [4.78, 5) is 4.27. The van der Waals surface area contributed by atoms with Crippen LogP contribution in [0.3, 0.4) is 0 Å². The Labute approximate surface area is 132 Å². The zero-order chi connectivity index (χ0) is 16.4. The molecule has 0 spiro atoms. The number of hydrogen-bond donors (Lipinski definition) is 1. The van der Waals surface area contributed by atoms with Crippen LogP contribution in [0.25, 0.3) is 23.7 Å². The maximum atomic E-state index is 11.2. The van der Waals surface area contributed by atoms with E-state index in [0.29, 0.717) is 17.4 Å². The molecule has 0 fully saturated rings. The molecule has 0 saturated heterocycles. The molecule has 2 N–H and O–H groups in total. The van der Waals surface area contributed by atoms with Gasteiger partial charge < -0.3 is 4.52 Å². The molecule has 9 heteroatoms. The summed E-state index contributed by atoms with van der Waals surface area (Å²) in [6.45, 7) is 0.